The fraction of sp³-hybridized carbons (Fsp3) is 0.364. The molecule has 1 rings (SSSR count). The number of alkyl carbamates (subject to hydrolysis) is 2. The van der Waals surface area contributed by atoms with Crippen LogP contribution in [-0.2, 0) is 41.6 Å². The highest BCUT2D eigenvalue weighted by Gasteiger charge is 2.06. The second-order valence-electron chi connectivity index (χ2n) is 6.25. The van der Waals surface area contributed by atoms with Crippen LogP contribution in [0.25, 0.3) is 0 Å². The summed E-state index contributed by atoms with van der Waals surface area (Å²) in [5.74, 6) is -1.07. The number of benzene rings is 1. The van der Waals surface area contributed by atoms with Crippen molar-refractivity contribution in [2.24, 2.45) is 0 Å². The Labute approximate surface area is 186 Å². The van der Waals surface area contributed by atoms with E-state index in [0.717, 1.165) is 23.3 Å². The Kier molecular flexibility index (Phi) is 13.1. The Bertz CT molecular complexity index is 794. The minimum Gasteiger partial charge on any atom is -0.463 e. The highest BCUT2D eigenvalue weighted by Crippen LogP contribution is 2.05. The van der Waals surface area contributed by atoms with E-state index in [9.17, 15) is 19.2 Å². The van der Waals surface area contributed by atoms with Crippen LogP contribution in [0.1, 0.15) is 24.0 Å². The maximum Gasteiger partial charge on any atom is 0.407 e. The molecular weight excluding hydrogens is 420 g/mol. The van der Waals surface area contributed by atoms with Gasteiger partial charge in [-0.05, 0) is 24.0 Å². The summed E-state index contributed by atoms with van der Waals surface area (Å²) in [5.41, 5.74) is 1.63. The number of carbonyl (C=O) groups is 4. The number of ether oxygens (including phenoxy) is 4. The maximum atomic E-state index is 11.7. The van der Waals surface area contributed by atoms with Gasteiger partial charge in [-0.1, -0.05) is 37.4 Å². The number of hydrogen-bond donors (Lipinski definition) is 2. The van der Waals surface area contributed by atoms with Crippen molar-refractivity contribution in [3.63, 3.8) is 0 Å². The summed E-state index contributed by atoms with van der Waals surface area (Å²) < 4.78 is 19.4. The molecule has 0 aromatic heterocycles. The lowest BCUT2D eigenvalue weighted by atomic mass is 10.1. The molecule has 0 aliphatic carbocycles. The van der Waals surface area contributed by atoms with Gasteiger partial charge in [0.25, 0.3) is 0 Å². The van der Waals surface area contributed by atoms with Crippen LogP contribution in [0.15, 0.2) is 49.6 Å². The van der Waals surface area contributed by atoms with Crippen LogP contribution in [-0.4, -0.2) is 50.6 Å². The minimum atomic E-state index is -0.647. The summed E-state index contributed by atoms with van der Waals surface area (Å²) in [6.07, 6.45) is 2.04. The van der Waals surface area contributed by atoms with Crippen LogP contribution in [0.3, 0.4) is 0 Å². The van der Waals surface area contributed by atoms with Crippen LogP contribution >= 0.6 is 0 Å². The van der Waals surface area contributed by atoms with Crippen molar-refractivity contribution in [1.82, 2.24) is 10.6 Å². The number of hydrogen-bond acceptors (Lipinski definition) is 8. The molecule has 10 heteroatoms. The van der Waals surface area contributed by atoms with E-state index < -0.39 is 24.1 Å². The minimum absolute atomic E-state index is 0.0573. The van der Waals surface area contributed by atoms with Gasteiger partial charge in [-0.25, -0.2) is 19.2 Å². The molecule has 174 valence electrons. The van der Waals surface area contributed by atoms with Crippen molar-refractivity contribution in [2.45, 2.75) is 25.9 Å². The fourth-order valence-electron chi connectivity index (χ4n) is 2.24. The van der Waals surface area contributed by atoms with Crippen molar-refractivity contribution in [2.75, 3.05) is 26.4 Å². The van der Waals surface area contributed by atoms with Crippen LogP contribution in [0.5, 0.6) is 0 Å². The number of carbonyl (C=O) groups excluding carboxylic acids is 4. The van der Waals surface area contributed by atoms with Crippen LogP contribution in [0, 0.1) is 0 Å². The maximum absolute atomic E-state index is 11.7. The SMILES string of the molecule is C=CC(=O)OCCCCOC(=O)NCc1cccc(CNC(=O)OCCOC(=O)C=C)c1. The summed E-state index contributed by atoms with van der Waals surface area (Å²) in [4.78, 5) is 45.1. The summed E-state index contributed by atoms with van der Waals surface area (Å²) in [6.45, 7) is 7.35. The van der Waals surface area contributed by atoms with Gasteiger partial charge in [-0.3, -0.25) is 0 Å². The molecule has 0 fully saturated rings. The Balaban J connectivity index is 2.21. The molecule has 0 aliphatic rings. The van der Waals surface area contributed by atoms with Gasteiger partial charge >= 0.3 is 24.1 Å². The monoisotopic (exact) mass is 448 g/mol. The first kappa shape index (κ1) is 26.2. The molecular formula is C22H28N2O8. The van der Waals surface area contributed by atoms with Gasteiger partial charge in [0.1, 0.15) is 13.2 Å². The standard InChI is InChI=1S/C22H28N2O8/c1-3-19(25)29-10-5-6-11-31-21(27)23-15-17-8-7-9-18(14-17)16-24-22(28)32-13-12-30-20(26)4-2/h3-4,7-9,14H,1-2,5-6,10-13,15-16H2,(H,23,27)(H,24,28). The van der Waals surface area contributed by atoms with E-state index in [1.165, 1.54) is 0 Å². The first-order valence-corrected chi connectivity index (χ1v) is 9.92. The van der Waals surface area contributed by atoms with Gasteiger partial charge in [0.15, 0.2) is 0 Å². The zero-order valence-corrected chi connectivity index (χ0v) is 17.8. The van der Waals surface area contributed by atoms with E-state index in [0.29, 0.717) is 12.8 Å². The number of amides is 2. The molecule has 2 amide bonds. The van der Waals surface area contributed by atoms with E-state index in [4.69, 9.17) is 18.9 Å². The lowest BCUT2D eigenvalue weighted by molar-refractivity contribution is -0.139. The molecule has 0 spiro atoms. The number of nitrogens with one attached hydrogen (secondary N) is 2. The predicted octanol–water partition coefficient (Wildman–Crippen LogP) is 2.38. The topological polar surface area (TPSA) is 129 Å². The average molecular weight is 448 g/mol. The van der Waals surface area contributed by atoms with Crippen molar-refractivity contribution in [1.29, 1.82) is 0 Å². The quantitative estimate of drug-likeness (QED) is 0.192. The van der Waals surface area contributed by atoms with Crippen LogP contribution < -0.4 is 10.6 Å². The Morgan fingerprint density at radius 1 is 0.719 bits per heavy atom. The summed E-state index contributed by atoms with van der Waals surface area (Å²) >= 11 is 0. The molecule has 0 heterocycles. The third kappa shape index (κ3) is 12.7. The van der Waals surface area contributed by atoms with Gasteiger partial charge in [0.2, 0.25) is 0 Å². The third-order valence-electron chi connectivity index (χ3n) is 3.78. The second-order valence-corrected chi connectivity index (χ2v) is 6.25. The van der Waals surface area contributed by atoms with Gasteiger partial charge in [0.05, 0.1) is 13.2 Å². The van der Waals surface area contributed by atoms with Gasteiger partial charge in [-0.15, -0.1) is 0 Å². The predicted molar refractivity (Wildman–Crippen MR) is 114 cm³/mol. The molecule has 0 bridgehead atoms. The zero-order chi connectivity index (χ0) is 23.6. The lowest BCUT2D eigenvalue weighted by Gasteiger charge is -2.10. The first-order valence-electron chi connectivity index (χ1n) is 9.92. The number of esters is 2. The van der Waals surface area contributed by atoms with E-state index >= 15 is 0 Å². The number of unbranched alkanes of at least 4 members (excludes halogenated alkanes) is 1. The molecule has 0 aliphatic heterocycles. The molecule has 1 aromatic carbocycles. The molecule has 10 nitrogen and oxygen atoms in total. The average Bonchev–Trinajstić information content (AvgIpc) is 2.81. The molecule has 2 N–H and O–H groups in total. The van der Waals surface area contributed by atoms with Crippen molar-refractivity contribution >= 4 is 24.1 Å². The molecule has 0 unspecified atom stereocenters. The molecule has 0 saturated carbocycles. The molecule has 0 radical (unpaired) electrons. The molecule has 1 aromatic rings. The number of rotatable bonds is 14. The zero-order valence-electron chi connectivity index (χ0n) is 17.8. The van der Waals surface area contributed by atoms with Gasteiger partial charge in [-0.2, -0.15) is 0 Å². The van der Waals surface area contributed by atoms with Gasteiger partial charge < -0.3 is 29.6 Å². The van der Waals surface area contributed by atoms with E-state index in [1.807, 2.05) is 18.2 Å². The Morgan fingerprint density at radius 3 is 1.69 bits per heavy atom. The summed E-state index contributed by atoms with van der Waals surface area (Å²) in [5, 5.41) is 5.22. The summed E-state index contributed by atoms with van der Waals surface area (Å²) in [6, 6.07) is 7.25. The fourth-order valence-corrected chi connectivity index (χ4v) is 2.24. The van der Waals surface area contributed by atoms with Crippen molar-refractivity contribution in [3.8, 4) is 0 Å². The third-order valence-corrected chi connectivity index (χ3v) is 3.78. The van der Waals surface area contributed by atoms with Crippen molar-refractivity contribution < 1.29 is 38.1 Å². The lowest BCUT2D eigenvalue weighted by Crippen LogP contribution is -2.26. The highest BCUT2D eigenvalue weighted by molar-refractivity contribution is 5.81. The van der Waals surface area contributed by atoms with Gasteiger partial charge in [0, 0.05) is 25.2 Å². The second kappa shape index (κ2) is 15.9. The Morgan fingerprint density at radius 2 is 1.16 bits per heavy atom. The molecule has 0 saturated heterocycles. The Hall–Kier alpha value is -3.82. The van der Waals surface area contributed by atoms with E-state index in [-0.39, 0.29) is 39.5 Å². The largest absolute Gasteiger partial charge is 0.463 e. The normalized spacial score (nSPS) is 9.75. The van der Waals surface area contributed by atoms with Crippen LogP contribution in [0.4, 0.5) is 9.59 Å². The van der Waals surface area contributed by atoms with E-state index in [1.54, 1.807) is 6.07 Å². The highest BCUT2D eigenvalue weighted by atomic mass is 16.6. The summed E-state index contributed by atoms with van der Waals surface area (Å²) in [7, 11) is 0. The van der Waals surface area contributed by atoms with Crippen molar-refractivity contribution in [3.05, 3.63) is 60.7 Å². The smallest absolute Gasteiger partial charge is 0.407 e. The van der Waals surface area contributed by atoms with E-state index in [2.05, 4.69) is 23.8 Å². The molecule has 32 heavy (non-hydrogen) atoms. The molecule has 0 atom stereocenters. The first-order chi connectivity index (χ1) is 15.4. The van der Waals surface area contributed by atoms with Crippen LogP contribution in [0.2, 0.25) is 0 Å².